The Kier molecular flexibility index (Phi) is 5.27. The summed E-state index contributed by atoms with van der Waals surface area (Å²) in [5, 5.41) is 8.90. The number of ether oxygens (including phenoxy) is 1. The van der Waals surface area contributed by atoms with Gasteiger partial charge in [0.1, 0.15) is 12.6 Å². The molecule has 1 amide bonds. The third-order valence-corrected chi connectivity index (χ3v) is 6.42. The molecule has 3 rings (SSSR count). The summed E-state index contributed by atoms with van der Waals surface area (Å²) in [5.41, 5.74) is 5.54. The minimum Gasteiger partial charge on any atom is -0.481 e. The lowest BCUT2D eigenvalue weighted by Gasteiger charge is -2.41. The van der Waals surface area contributed by atoms with Crippen LogP contribution in [0.3, 0.4) is 0 Å². The zero-order chi connectivity index (χ0) is 20.7. The van der Waals surface area contributed by atoms with Gasteiger partial charge in [-0.3, -0.25) is 19.3 Å². The lowest BCUT2D eigenvalue weighted by Crippen LogP contribution is -2.49. The fourth-order valence-electron chi connectivity index (χ4n) is 5.01. The van der Waals surface area contributed by atoms with Gasteiger partial charge in [-0.05, 0) is 31.2 Å². The molecule has 4 atom stereocenters. The molecule has 3 N–H and O–H groups in total. The summed E-state index contributed by atoms with van der Waals surface area (Å²) < 4.78 is 11.1. The zero-order valence-electron chi connectivity index (χ0n) is 16.5. The molecule has 0 aliphatic heterocycles. The summed E-state index contributed by atoms with van der Waals surface area (Å²) in [6.07, 6.45) is 3.78. The minimum atomic E-state index is -1.29. The van der Waals surface area contributed by atoms with Crippen molar-refractivity contribution in [3.63, 3.8) is 0 Å². The van der Waals surface area contributed by atoms with Crippen molar-refractivity contribution in [2.24, 2.45) is 22.5 Å². The molecule has 28 heavy (non-hydrogen) atoms. The number of hydrogen-bond acceptors (Lipinski definition) is 6. The lowest BCUT2D eigenvalue weighted by atomic mass is 9.70. The maximum absolute atomic E-state index is 12.7. The van der Waals surface area contributed by atoms with Gasteiger partial charge in [-0.25, -0.2) is 0 Å². The average Bonchev–Trinajstić information content (AvgIpc) is 3.29. The Bertz CT molecular complexity index is 754. The van der Waals surface area contributed by atoms with Crippen LogP contribution < -0.4 is 10.6 Å². The second-order valence-corrected chi connectivity index (χ2v) is 8.87. The number of furan rings is 1. The first-order chi connectivity index (χ1) is 13.0. The van der Waals surface area contributed by atoms with Crippen molar-refractivity contribution in [3.8, 4) is 0 Å². The van der Waals surface area contributed by atoms with Gasteiger partial charge in [0.15, 0.2) is 0 Å². The van der Waals surface area contributed by atoms with Gasteiger partial charge >= 0.3 is 11.9 Å². The molecular weight excluding hydrogens is 364 g/mol. The van der Waals surface area contributed by atoms with Crippen LogP contribution in [-0.4, -0.2) is 41.6 Å². The molecule has 0 spiro atoms. The van der Waals surface area contributed by atoms with E-state index in [4.69, 9.17) is 20.0 Å². The maximum atomic E-state index is 12.7. The van der Waals surface area contributed by atoms with Crippen LogP contribution in [-0.2, 0) is 19.1 Å². The van der Waals surface area contributed by atoms with Crippen LogP contribution in [0.15, 0.2) is 22.8 Å². The molecule has 0 aromatic carbocycles. The highest BCUT2D eigenvalue weighted by molar-refractivity contribution is 6.01. The summed E-state index contributed by atoms with van der Waals surface area (Å²) in [6, 6.07) is 1.80. The maximum Gasteiger partial charge on any atom is 0.326 e. The summed E-state index contributed by atoms with van der Waals surface area (Å²) in [4.78, 5) is 37.3. The molecule has 2 fully saturated rings. The quantitative estimate of drug-likeness (QED) is 0.682. The van der Waals surface area contributed by atoms with Gasteiger partial charge < -0.3 is 20.0 Å². The van der Waals surface area contributed by atoms with Crippen LogP contribution in [0.1, 0.15) is 46.5 Å². The van der Waals surface area contributed by atoms with E-state index in [1.54, 1.807) is 6.07 Å². The lowest BCUT2D eigenvalue weighted by molar-refractivity contribution is -0.163. The third kappa shape index (κ3) is 3.65. The molecule has 2 bridgehead atoms. The number of fused-ring (bicyclic) bond motifs is 2. The fraction of sp³-hybridized carbons (Fsp3) is 0.650. The molecule has 154 valence electrons. The van der Waals surface area contributed by atoms with Gasteiger partial charge in [0.2, 0.25) is 11.8 Å². The third-order valence-electron chi connectivity index (χ3n) is 6.42. The second-order valence-electron chi connectivity index (χ2n) is 8.87. The van der Waals surface area contributed by atoms with Gasteiger partial charge in [0.25, 0.3) is 0 Å². The normalized spacial score (nSPS) is 28.7. The predicted octanol–water partition coefficient (Wildman–Crippen LogP) is 2.17. The van der Waals surface area contributed by atoms with Crippen LogP contribution in [0, 0.1) is 16.7 Å². The summed E-state index contributed by atoms with van der Waals surface area (Å²) in [5.74, 6) is -1.81. The van der Waals surface area contributed by atoms with E-state index < -0.39 is 30.3 Å². The molecule has 1 aromatic heterocycles. The molecule has 1 heterocycles. The number of nitrogens with two attached hydrogens (primary N) is 1. The number of carboxylic acids is 1. The highest BCUT2D eigenvalue weighted by Gasteiger charge is 2.61. The number of carbonyl (C=O) groups excluding carboxylic acids is 2. The van der Waals surface area contributed by atoms with Crippen molar-refractivity contribution in [2.75, 3.05) is 11.4 Å². The first kappa shape index (κ1) is 20.4. The smallest absolute Gasteiger partial charge is 0.326 e. The van der Waals surface area contributed by atoms with Crippen molar-refractivity contribution < 1.29 is 28.6 Å². The second kappa shape index (κ2) is 7.24. The topological polar surface area (TPSA) is 123 Å². The molecule has 0 saturated heterocycles. The van der Waals surface area contributed by atoms with E-state index in [1.807, 2.05) is 0 Å². The van der Waals surface area contributed by atoms with E-state index in [-0.39, 0.29) is 29.4 Å². The largest absolute Gasteiger partial charge is 0.481 e. The van der Waals surface area contributed by atoms with E-state index in [1.165, 1.54) is 12.3 Å². The van der Waals surface area contributed by atoms with E-state index >= 15 is 0 Å². The Morgan fingerprint density at radius 2 is 2.11 bits per heavy atom. The number of anilines is 1. The molecule has 0 radical (unpaired) electrons. The Hall–Kier alpha value is -2.35. The van der Waals surface area contributed by atoms with Crippen molar-refractivity contribution in [2.45, 2.75) is 58.6 Å². The van der Waals surface area contributed by atoms with E-state index in [9.17, 15) is 14.4 Å². The SMILES string of the molecule is CC12CCC(C1)C(C)(C)C2OC(=O)CN(C(=O)[C@@H](N)CC(=O)O)c1ccco1. The fourth-order valence-corrected chi connectivity index (χ4v) is 5.01. The highest BCUT2D eigenvalue weighted by atomic mass is 16.5. The van der Waals surface area contributed by atoms with Crippen LogP contribution in [0.25, 0.3) is 0 Å². The molecule has 3 unspecified atom stereocenters. The summed E-state index contributed by atoms with van der Waals surface area (Å²) in [7, 11) is 0. The van der Waals surface area contributed by atoms with Crippen molar-refractivity contribution in [1.82, 2.24) is 0 Å². The van der Waals surface area contributed by atoms with Crippen molar-refractivity contribution in [3.05, 3.63) is 18.4 Å². The van der Waals surface area contributed by atoms with E-state index in [0.29, 0.717) is 5.92 Å². The number of esters is 1. The Morgan fingerprint density at radius 3 is 2.64 bits per heavy atom. The molecule has 8 nitrogen and oxygen atoms in total. The Labute approximate surface area is 164 Å². The molecule has 1 aromatic rings. The number of carbonyl (C=O) groups is 3. The number of aliphatic carboxylic acids is 1. The molecule has 2 aliphatic rings. The molecular formula is C20H28N2O6. The number of amides is 1. The van der Waals surface area contributed by atoms with Gasteiger partial charge in [0.05, 0.1) is 18.7 Å². The zero-order valence-corrected chi connectivity index (χ0v) is 16.5. The number of rotatable bonds is 7. The molecule has 2 saturated carbocycles. The Balaban J connectivity index is 1.73. The van der Waals surface area contributed by atoms with Gasteiger partial charge in [-0.1, -0.05) is 20.8 Å². The van der Waals surface area contributed by atoms with Gasteiger partial charge in [-0.2, -0.15) is 0 Å². The Morgan fingerprint density at radius 1 is 1.39 bits per heavy atom. The van der Waals surface area contributed by atoms with Crippen molar-refractivity contribution in [1.29, 1.82) is 0 Å². The van der Waals surface area contributed by atoms with E-state index in [2.05, 4.69) is 20.8 Å². The van der Waals surface area contributed by atoms with Gasteiger partial charge in [-0.15, -0.1) is 0 Å². The standard InChI is InChI=1S/C20H28N2O6/c1-19(2)12-6-7-20(3,10-12)18(19)28-16(25)11-22(14-5-4-8-27-14)17(26)13(21)9-15(23)24/h4-5,8,12-13,18H,6-7,9-11,21H2,1-3H3,(H,23,24)/t12?,13-,18?,20?/m0/s1. The summed E-state index contributed by atoms with van der Waals surface area (Å²) >= 11 is 0. The number of carboxylic acid groups (broad SMARTS) is 1. The average molecular weight is 392 g/mol. The number of nitrogens with zero attached hydrogens (tertiary/aromatic N) is 1. The first-order valence-electron chi connectivity index (χ1n) is 9.56. The monoisotopic (exact) mass is 392 g/mol. The van der Waals surface area contributed by atoms with Crippen LogP contribution in [0.4, 0.5) is 5.88 Å². The van der Waals surface area contributed by atoms with Crippen LogP contribution in [0.2, 0.25) is 0 Å². The predicted molar refractivity (Wildman–Crippen MR) is 100 cm³/mol. The van der Waals surface area contributed by atoms with Gasteiger partial charge in [0, 0.05) is 16.9 Å². The van der Waals surface area contributed by atoms with Crippen LogP contribution >= 0.6 is 0 Å². The molecule has 8 heteroatoms. The summed E-state index contributed by atoms with van der Waals surface area (Å²) in [6.45, 7) is 6.02. The first-order valence-corrected chi connectivity index (χ1v) is 9.56. The van der Waals surface area contributed by atoms with Crippen molar-refractivity contribution >= 4 is 23.7 Å². The van der Waals surface area contributed by atoms with E-state index in [0.717, 1.165) is 24.2 Å². The number of hydrogen-bond donors (Lipinski definition) is 2. The molecule has 2 aliphatic carbocycles. The van der Waals surface area contributed by atoms with Crippen LogP contribution in [0.5, 0.6) is 0 Å². The minimum absolute atomic E-state index is 0.0525. The highest BCUT2D eigenvalue weighted by Crippen LogP contribution is 2.63.